The third-order valence-corrected chi connectivity index (χ3v) is 2.95. The lowest BCUT2D eigenvalue weighted by Gasteiger charge is -2.21. The minimum atomic E-state index is -1.38. The molecule has 0 saturated carbocycles. The first-order chi connectivity index (χ1) is 4.72. The molecule has 0 aromatic heterocycles. The Hall–Kier alpha value is 0.310. The molecule has 0 aromatic rings. The first-order valence-electron chi connectivity index (χ1n) is 3.46. The summed E-state index contributed by atoms with van der Waals surface area (Å²) in [6, 6.07) is 0. The highest BCUT2D eigenvalue weighted by molar-refractivity contribution is 7.41. The van der Waals surface area contributed by atoms with Gasteiger partial charge in [0.2, 0.25) is 0 Å². The maximum Gasteiger partial charge on any atom is 0.398 e. The molecule has 0 spiro atoms. The zero-order valence-electron chi connectivity index (χ0n) is 6.59. The summed E-state index contributed by atoms with van der Waals surface area (Å²) in [4.78, 5) is 0. The maximum absolute atomic E-state index is 5.36. The molecule has 1 fully saturated rings. The van der Waals surface area contributed by atoms with Gasteiger partial charge in [-0.3, -0.25) is 0 Å². The van der Waals surface area contributed by atoms with E-state index in [0.717, 1.165) is 6.42 Å². The average molecular weight is 165 g/mol. The molecule has 2 atom stereocenters. The second kappa shape index (κ2) is 3.63. The van der Waals surface area contributed by atoms with Crippen molar-refractivity contribution in [1.82, 2.24) is 0 Å². The van der Waals surface area contributed by atoms with Crippen molar-refractivity contribution < 1.29 is 13.6 Å². The van der Waals surface area contributed by atoms with E-state index in [1.165, 1.54) is 0 Å². The van der Waals surface area contributed by atoms with Gasteiger partial charge in [0.1, 0.15) is 12.2 Å². The van der Waals surface area contributed by atoms with Crippen LogP contribution in [0.5, 0.6) is 0 Å². The normalized spacial score (nSPS) is 41.7. The molecule has 1 aliphatic rings. The predicted octanol–water partition coefficient (Wildman–Crippen LogP) is 1.81. The lowest BCUT2D eigenvalue weighted by Crippen LogP contribution is -2.22. The first kappa shape index (κ1) is 8.41. The van der Waals surface area contributed by atoms with Gasteiger partial charge in [0.25, 0.3) is 0 Å². The van der Waals surface area contributed by atoms with Gasteiger partial charge in [-0.1, -0.05) is 0 Å². The van der Waals surface area contributed by atoms with Crippen molar-refractivity contribution in [2.24, 2.45) is 0 Å². The van der Waals surface area contributed by atoms with Gasteiger partial charge >= 0.3 is 8.60 Å². The third-order valence-electron chi connectivity index (χ3n) is 1.43. The van der Waals surface area contributed by atoms with Crippen LogP contribution in [0, 0.1) is 0 Å². The molecule has 0 bridgehead atoms. The van der Waals surface area contributed by atoms with Crippen molar-refractivity contribution in [3.05, 3.63) is 0 Å². The fraction of sp³-hybridized carbons (Fsp3) is 1.00. The Kier molecular flexibility index (Phi) is 3.05. The molecule has 1 saturated heterocycles. The average Bonchev–Trinajstić information content (AvgIpc) is 1.85. The van der Waals surface area contributed by atoms with Crippen molar-refractivity contribution in [2.45, 2.75) is 32.5 Å². The van der Waals surface area contributed by atoms with Crippen LogP contribution in [0.1, 0.15) is 20.3 Å². The Morgan fingerprint density at radius 2 is 1.80 bits per heavy atom. The molecule has 60 valence electrons. The van der Waals surface area contributed by atoms with Gasteiger partial charge in [-0.15, -0.1) is 0 Å². The lowest BCUT2D eigenvalue weighted by molar-refractivity contribution is 0.0394. The molecular weight excluding hydrogens is 151 g/mol. The molecule has 0 N–H and O–H groups in total. The van der Waals surface area contributed by atoms with E-state index in [1.807, 2.05) is 13.8 Å². The van der Waals surface area contributed by atoms with Crippen molar-refractivity contribution in [2.75, 3.05) is 7.11 Å². The minimum Gasteiger partial charge on any atom is -0.183 e. The van der Waals surface area contributed by atoms with E-state index in [9.17, 15) is 0 Å². The molecule has 0 aliphatic carbocycles. The van der Waals surface area contributed by atoms with Crippen LogP contribution in [0.15, 0.2) is 0 Å². The van der Waals surface area contributed by atoms with Gasteiger partial charge in [0.15, 0.2) is 0 Å². The fourth-order valence-corrected chi connectivity index (χ4v) is 2.11. The molecule has 1 aliphatic heterocycles. The van der Waals surface area contributed by atoms with Crippen LogP contribution in [0.2, 0.25) is 0 Å². The third kappa shape index (κ3) is 2.17. The maximum atomic E-state index is 5.36. The van der Waals surface area contributed by atoms with Gasteiger partial charge < -0.3 is 0 Å². The first-order valence-corrected chi connectivity index (χ1v) is 4.69. The Labute approximate surface area is 62.7 Å². The Morgan fingerprint density at radius 3 is 2.20 bits per heavy atom. The molecule has 1 rings (SSSR count). The minimum absolute atomic E-state index is 0.289. The van der Waals surface area contributed by atoms with Gasteiger partial charge in [0.05, 0.1) is 7.11 Å². The molecule has 2 unspecified atom stereocenters. The van der Waals surface area contributed by atoms with Crippen LogP contribution in [0.25, 0.3) is 0 Å². The van der Waals surface area contributed by atoms with Crippen LogP contribution in [0.3, 0.4) is 0 Å². The molecule has 0 amide bonds. The van der Waals surface area contributed by atoms with Crippen molar-refractivity contribution >= 4 is 8.60 Å². The predicted molar refractivity (Wildman–Crippen MR) is 41.0 cm³/mol. The smallest absolute Gasteiger partial charge is 0.183 e. The Bertz CT molecular complexity index is 99.2. The van der Waals surface area contributed by atoms with Gasteiger partial charge in [-0.25, -0.2) is 0 Å². The SMILES string of the molecule is CO[PH+]1OC(C)CC(C)O1. The molecule has 4 heteroatoms. The Balaban J connectivity index is 2.35. The summed E-state index contributed by atoms with van der Waals surface area (Å²) < 4.78 is 15.7. The van der Waals surface area contributed by atoms with Crippen LogP contribution < -0.4 is 0 Å². The highest BCUT2D eigenvalue weighted by atomic mass is 31.2. The molecule has 3 nitrogen and oxygen atoms in total. The summed E-state index contributed by atoms with van der Waals surface area (Å²) >= 11 is 0. The van der Waals surface area contributed by atoms with Crippen LogP contribution in [0.4, 0.5) is 0 Å². The zero-order valence-corrected chi connectivity index (χ0v) is 7.59. The number of hydrogen-bond donors (Lipinski definition) is 0. The van der Waals surface area contributed by atoms with Crippen molar-refractivity contribution in [3.8, 4) is 0 Å². The van der Waals surface area contributed by atoms with Crippen LogP contribution >= 0.6 is 8.60 Å². The molecule has 0 radical (unpaired) electrons. The monoisotopic (exact) mass is 165 g/mol. The highest BCUT2D eigenvalue weighted by Gasteiger charge is 2.32. The largest absolute Gasteiger partial charge is 0.398 e. The number of hydrogen-bond acceptors (Lipinski definition) is 3. The summed E-state index contributed by atoms with van der Waals surface area (Å²) in [5.74, 6) is 0. The zero-order chi connectivity index (χ0) is 7.56. The van der Waals surface area contributed by atoms with E-state index in [4.69, 9.17) is 13.6 Å². The standard InChI is InChI=1S/C6H14O3P/c1-5-4-6(2)9-10(7-3)8-5/h5-6,10H,4H2,1-3H3/q+1. The van der Waals surface area contributed by atoms with E-state index in [2.05, 4.69) is 0 Å². The molecule has 0 aromatic carbocycles. The van der Waals surface area contributed by atoms with Gasteiger partial charge in [-0.2, -0.15) is 13.6 Å². The van der Waals surface area contributed by atoms with Gasteiger partial charge in [0, 0.05) is 6.42 Å². The van der Waals surface area contributed by atoms with E-state index in [1.54, 1.807) is 7.11 Å². The molecular formula is C6H14O3P+. The number of rotatable bonds is 1. The van der Waals surface area contributed by atoms with Crippen LogP contribution in [-0.2, 0) is 13.6 Å². The highest BCUT2D eigenvalue weighted by Crippen LogP contribution is 2.46. The van der Waals surface area contributed by atoms with E-state index >= 15 is 0 Å². The van der Waals surface area contributed by atoms with E-state index < -0.39 is 8.60 Å². The fourth-order valence-electron chi connectivity index (χ4n) is 1.02. The second-order valence-corrected chi connectivity index (χ2v) is 3.93. The van der Waals surface area contributed by atoms with Crippen LogP contribution in [-0.4, -0.2) is 19.3 Å². The quantitative estimate of drug-likeness (QED) is 0.554. The van der Waals surface area contributed by atoms with E-state index in [-0.39, 0.29) is 12.2 Å². The summed E-state index contributed by atoms with van der Waals surface area (Å²) in [6.45, 7) is 4.09. The van der Waals surface area contributed by atoms with Crippen molar-refractivity contribution in [3.63, 3.8) is 0 Å². The van der Waals surface area contributed by atoms with Gasteiger partial charge in [-0.05, 0) is 13.8 Å². The summed E-state index contributed by atoms with van der Waals surface area (Å²) in [5, 5.41) is 0. The van der Waals surface area contributed by atoms with E-state index in [0.29, 0.717) is 0 Å². The summed E-state index contributed by atoms with van der Waals surface area (Å²) in [6.07, 6.45) is 1.55. The molecule has 10 heavy (non-hydrogen) atoms. The molecule has 1 heterocycles. The topological polar surface area (TPSA) is 27.7 Å². The second-order valence-electron chi connectivity index (χ2n) is 2.55. The lowest BCUT2D eigenvalue weighted by atomic mass is 10.2. The summed E-state index contributed by atoms with van der Waals surface area (Å²) in [5.41, 5.74) is 0. The Morgan fingerprint density at radius 1 is 1.30 bits per heavy atom. The summed E-state index contributed by atoms with van der Waals surface area (Å²) in [7, 11) is 0.239. The van der Waals surface area contributed by atoms with Crippen molar-refractivity contribution in [1.29, 1.82) is 0 Å².